The number of rotatable bonds is 1. The van der Waals surface area contributed by atoms with Gasteiger partial charge in [-0.3, -0.25) is 0 Å². The number of ether oxygens (including phenoxy) is 2. The van der Waals surface area contributed by atoms with Crippen LogP contribution in [-0.4, -0.2) is 18.8 Å². The fraction of sp³-hybridized carbons (Fsp3) is 0.286. The molecule has 0 atom stereocenters. The number of halogens is 4. The molecule has 1 aromatic rings. The zero-order chi connectivity index (χ0) is 16.1. The number of allylic oxidation sites excluding steroid dienone is 2. The summed E-state index contributed by atoms with van der Waals surface area (Å²) >= 11 is 0. The minimum atomic E-state index is -4.74. The Hall–Kier alpha value is -2.38. The van der Waals surface area contributed by atoms with E-state index in [1.54, 1.807) is 11.0 Å². The summed E-state index contributed by atoms with van der Waals surface area (Å²) in [6.07, 6.45) is -5.96. The SMILES string of the molecule is CC1=CC=C(N)N(c2ccc3c(c2)OC(F)(F)C(F)(F)O3)C1. The van der Waals surface area contributed by atoms with Gasteiger partial charge in [0.2, 0.25) is 0 Å². The maximum atomic E-state index is 13.2. The van der Waals surface area contributed by atoms with Gasteiger partial charge in [0.25, 0.3) is 0 Å². The van der Waals surface area contributed by atoms with E-state index in [4.69, 9.17) is 5.73 Å². The molecule has 0 saturated carbocycles. The Morgan fingerprint density at radius 3 is 2.36 bits per heavy atom. The van der Waals surface area contributed by atoms with Crippen LogP contribution in [-0.2, 0) is 0 Å². The largest absolute Gasteiger partial charge is 0.507 e. The van der Waals surface area contributed by atoms with Crippen molar-refractivity contribution >= 4 is 5.69 Å². The quantitative estimate of drug-likeness (QED) is 0.808. The van der Waals surface area contributed by atoms with Crippen molar-refractivity contribution < 1.29 is 27.0 Å². The Morgan fingerprint density at radius 1 is 1.05 bits per heavy atom. The molecule has 0 fully saturated rings. The standard InChI is InChI=1S/C14H12F4N2O2/c1-8-2-5-12(19)20(7-8)9-3-4-10-11(6-9)22-14(17,18)13(15,16)21-10/h2-6H,7,19H2,1H3. The van der Waals surface area contributed by atoms with Gasteiger partial charge in [-0.05, 0) is 25.1 Å². The van der Waals surface area contributed by atoms with Gasteiger partial charge >= 0.3 is 12.2 Å². The van der Waals surface area contributed by atoms with Crippen molar-refractivity contribution in [3.8, 4) is 11.5 Å². The van der Waals surface area contributed by atoms with E-state index in [0.717, 1.165) is 11.6 Å². The van der Waals surface area contributed by atoms with Crippen LogP contribution in [0.3, 0.4) is 0 Å². The number of fused-ring (bicyclic) bond motifs is 1. The zero-order valence-electron chi connectivity index (χ0n) is 11.4. The molecule has 22 heavy (non-hydrogen) atoms. The Balaban J connectivity index is 1.96. The summed E-state index contributed by atoms with van der Waals surface area (Å²) in [6.45, 7) is 2.33. The number of benzene rings is 1. The van der Waals surface area contributed by atoms with Crippen molar-refractivity contribution in [2.45, 2.75) is 19.1 Å². The summed E-state index contributed by atoms with van der Waals surface area (Å²) in [6, 6.07) is 3.79. The van der Waals surface area contributed by atoms with Gasteiger partial charge in [0.15, 0.2) is 11.5 Å². The lowest BCUT2D eigenvalue weighted by Gasteiger charge is -2.33. The van der Waals surface area contributed by atoms with Gasteiger partial charge in [-0.2, -0.15) is 17.6 Å². The van der Waals surface area contributed by atoms with Gasteiger partial charge in [-0.25, -0.2) is 0 Å². The highest BCUT2D eigenvalue weighted by Crippen LogP contribution is 2.48. The summed E-state index contributed by atoms with van der Waals surface area (Å²) in [4.78, 5) is 1.64. The molecule has 4 nitrogen and oxygen atoms in total. The first kappa shape index (κ1) is 14.6. The van der Waals surface area contributed by atoms with Gasteiger partial charge in [-0.1, -0.05) is 11.6 Å². The molecule has 0 bridgehead atoms. The molecule has 0 aromatic heterocycles. The van der Waals surface area contributed by atoms with Crippen molar-refractivity contribution in [2.24, 2.45) is 5.73 Å². The molecule has 2 heterocycles. The summed E-state index contributed by atoms with van der Waals surface area (Å²) in [5, 5.41) is 0. The Morgan fingerprint density at radius 2 is 1.68 bits per heavy atom. The number of nitrogens with zero attached hydrogens (tertiary/aromatic N) is 1. The topological polar surface area (TPSA) is 47.7 Å². The van der Waals surface area contributed by atoms with Gasteiger partial charge < -0.3 is 20.1 Å². The second-order valence-electron chi connectivity index (χ2n) is 5.06. The fourth-order valence-electron chi connectivity index (χ4n) is 2.18. The van der Waals surface area contributed by atoms with Crippen LogP contribution in [0.15, 0.2) is 41.7 Å². The molecule has 2 aliphatic rings. The fourth-order valence-corrected chi connectivity index (χ4v) is 2.18. The van der Waals surface area contributed by atoms with Crippen LogP contribution in [0.2, 0.25) is 0 Å². The van der Waals surface area contributed by atoms with Crippen molar-refractivity contribution in [1.29, 1.82) is 0 Å². The van der Waals surface area contributed by atoms with Crippen LogP contribution in [0.5, 0.6) is 11.5 Å². The highest BCUT2D eigenvalue weighted by Gasteiger charge is 2.65. The molecule has 0 radical (unpaired) electrons. The molecule has 0 saturated heterocycles. The first-order valence-corrected chi connectivity index (χ1v) is 6.38. The highest BCUT2D eigenvalue weighted by atomic mass is 19.3. The molecule has 0 aliphatic carbocycles. The number of nitrogens with two attached hydrogens (primary N) is 1. The van der Waals surface area contributed by atoms with Crippen molar-refractivity contribution in [3.63, 3.8) is 0 Å². The molecular formula is C14H12F4N2O2. The van der Waals surface area contributed by atoms with Crippen LogP contribution >= 0.6 is 0 Å². The molecule has 1 aromatic carbocycles. The Bertz CT molecular complexity index is 685. The molecule has 8 heteroatoms. The Kier molecular flexibility index (Phi) is 3.01. The average Bonchev–Trinajstić information content (AvgIpc) is 2.42. The molecule has 3 rings (SSSR count). The molecular weight excluding hydrogens is 304 g/mol. The maximum absolute atomic E-state index is 13.2. The lowest BCUT2D eigenvalue weighted by atomic mass is 10.1. The average molecular weight is 316 g/mol. The third-order valence-corrected chi connectivity index (χ3v) is 3.31. The van der Waals surface area contributed by atoms with Gasteiger partial charge in [-0.15, -0.1) is 0 Å². The molecule has 2 N–H and O–H groups in total. The smallest absolute Gasteiger partial charge is 0.421 e. The number of hydrogen-bond donors (Lipinski definition) is 1. The number of anilines is 1. The Labute approximate surface area is 123 Å². The lowest BCUT2D eigenvalue weighted by Crippen LogP contribution is -2.52. The van der Waals surface area contributed by atoms with Crippen LogP contribution < -0.4 is 20.1 Å². The summed E-state index contributed by atoms with van der Waals surface area (Å²) in [5.74, 6) is -0.515. The van der Waals surface area contributed by atoms with Crippen LogP contribution in [0, 0.1) is 0 Å². The zero-order valence-corrected chi connectivity index (χ0v) is 11.4. The minimum Gasteiger partial charge on any atom is -0.421 e. The molecule has 0 unspecified atom stereocenters. The normalized spacial score (nSPS) is 22.0. The molecule has 2 aliphatic heterocycles. The molecule has 0 spiro atoms. The van der Waals surface area contributed by atoms with Crippen molar-refractivity contribution in [2.75, 3.05) is 11.4 Å². The predicted octanol–water partition coefficient (Wildman–Crippen LogP) is 3.21. The molecule has 0 amide bonds. The second-order valence-corrected chi connectivity index (χ2v) is 5.06. The minimum absolute atomic E-state index is 0.402. The summed E-state index contributed by atoms with van der Waals surface area (Å²) in [5.41, 5.74) is 7.28. The van der Waals surface area contributed by atoms with E-state index in [1.165, 1.54) is 12.1 Å². The van der Waals surface area contributed by atoms with Crippen molar-refractivity contribution in [1.82, 2.24) is 0 Å². The number of hydrogen-bond acceptors (Lipinski definition) is 4. The highest BCUT2D eigenvalue weighted by molar-refractivity contribution is 5.61. The van der Waals surface area contributed by atoms with Gasteiger partial charge in [0, 0.05) is 18.3 Å². The third kappa shape index (κ3) is 2.24. The first-order valence-electron chi connectivity index (χ1n) is 6.38. The van der Waals surface area contributed by atoms with Gasteiger partial charge in [0.05, 0.1) is 0 Å². The summed E-state index contributed by atoms with van der Waals surface area (Å²) in [7, 11) is 0. The van der Waals surface area contributed by atoms with E-state index in [9.17, 15) is 17.6 Å². The molecule has 118 valence electrons. The van der Waals surface area contributed by atoms with Crippen LogP contribution in [0.4, 0.5) is 23.2 Å². The van der Waals surface area contributed by atoms with Crippen LogP contribution in [0.25, 0.3) is 0 Å². The monoisotopic (exact) mass is 316 g/mol. The third-order valence-electron chi connectivity index (χ3n) is 3.31. The number of alkyl halides is 4. The lowest BCUT2D eigenvalue weighted by molar-refractivity contribution is -0.391. The van der Waals surface area contributed by atoms with E-state index in [2.05, 4.69) is 9.47 Å². The van der Waals surface area contributed by atoms with E-state index in [-0.39, 0.29) is 0 Å². The van der Waals surface area contributed by atoms with Crippen LogP contribution in [0.1, 0.15) is 6.92 Å². The van der Waals surface area contributed by atoms with Crippen molar-refractivity contribution in [3.05, 3.63) is 41.7 Å². The van der Waals surface area contributed by atoms with E-state index in [1.807, 2.05) is 13.0 Å². The predicted molar refractivity (Wildman–Crippen MR) is 71.0 cm³/mol. The maximum Gasteiger partial charge on any atom is 0.507 e. The second kappa shape index (κ2) is 4.56. The van der Waals surface area contributed by atoms with E-state index in [0.29, 0.717) is 18.1 Å². The van der Waals surface area contributed by atoms with E-state index < -0.39 is 23.7 Å². The first-order chi connectivity index (χ1) is 10.2. The summed E-state index contributed by atoms with van der Waals surface area (Å²) < 4.78 is 60.8. The van der Waals surface area contributed by atoms with Gasteiger partial charge in [0.1, 0.15) is 5.82 Å². The van der Waals surface area contributed by atoms with E-state index >= 15 is 0 Å².